The lowest BCUT2D eigenvalue weighted by Gasteiger charge is -1.98. The predicted octanol–water partition coefficient (Wildman–Crippen LogP) is 0.647. The van der Waals surface area contributed by atoms with Gasteiger partial charge in [-0.25, -0.2) is 0 Å². The van der Waals surface area contributed by atoms with Gasteiger partial charge in [-0.3, -0.25) is 4.68 Å². The lowest BCUT2D eigenvalue weighted by atomic mass is 10.4. The summed E-state index contributed by atoms with van der Waals surface area (Å²) in [5, 5.41) is 25.7. The molecule has 0 atom stereocenters. The van der Waals surface area contributed by atoms with Crippen molar-refractivity contribution in [3.63, 3.8) is 0 Å². The standard InChI is InChI=1S/C9H13N5OS/c1-7-12-13-9(16-7)10-4-8-5-11-14(6-8)2-3-15/h5-6,15H,2-4H2,1H3,(H,10,13). The van der Waals surface area contributed by atoms with E-state index in [4.69, 9.17) is 5.11 Å². The highest BCUT2D eigenvalue weighted by atomic mass is 32.1. The average molecular weight is 239 g/mol. The zero-order chi connectivity index (χ0) is 11.4. The van der Waals surface area contributed by atoms with Crippen LogP contribution in [0.2, 0.25) is 0 Å². The first-order valence-corrected chi connectivity index (χ1v) is 5.76. The number of rotatable bonds is 5. The van der Waals surface area contributed by atoms with Crippen molar-refractivity contribution in [3.8, 4) is 0 Å². The fourth-order valence-electron chi connectivity index (χ4n) is 1.27. The second kappa shape index (κ2) is 5.04. The molecule has 0 amide bonds. The highest BCUT2D eigenvalue weighted by Crippen LogP contribution is 2.14. The van der Waals surface area contributed by atoms with Gasteiger partial charge in [0.05, 0.1) is 19.3 Å². The van der Waals surface area contributed by atoms with Crippen LogP contribution in [0.3, 0.4) is 0 Å². The Kier molecular flexibility index (Phi) is 3.47. The molecule has 0 bridgehead atoms. The van der Waals surface area contributed by atoms with E-state index in [9.17, 15) is 0 Å². The van der Waals surface area contributed by atoms with Gasteiger partial charge in [0.25, 0.3) is 0 Å². The molecule has 7 heteroatoms. The molecule has 0 saturated carbocycles. The van der Waals surface area contributed by atoms with E-state index in [2.05, 4.69) is 20.6 Å². The van der Waals surface area contributed by atoms with Crippen LogP contribution >= 0.6 is 11.3 Å². The molecule has 16 heavy (non-hydrogen) atoms. The Labute approximate surface area is 96.9 Å². The zero-order valence-electron chi connectivity index (χ0n) is 8.92. The second-order valence-corrected chi connectivity index (χ2v) is 4.50. The SMILES string of the molecule is Cc1nnc(NCc2cnn(CCO)c2)s1. The first-order chi connectivity index (χ1) is 7.78. The highest BCUT2D eigenvalue weighted by molar-refractivity contribution is 7.15. The largest absolute Gasteiger partial charge is 0.394 e. The maximum absolute atomic E-state index is 8.75. The van der Waals surface area contributed by atoms with Crippen molar-refractivity contribution in [2.75, 3.05) is 11.9 Å². The zero-order valence-corrected chi connectivity index (χ0v) is 9.74. The summed E-state index contributed by atoms with van der Waals surface area (Å²) in [6, 6.07) is 0. The summed E-state index contributed by atoms with van der Waals surface area (Å²) in [4.78, 5) is 0. The highest BCUT2D eigenvalue weighted by Gasteiger charge is 2.01. The van der Waals surface area contributed by atoms with Gasteiger partial charge in [-0.05, 0) is 6.92 Å². The smallest absolute Gasteiger partial charge is 0.205 e. The van der Waals surface area contributed by atoms with E-state index < -0.39 is 0 Å². The van der Waals surface area contributed by atoms with Crippen LogP contribution in [0.25, 0.3) is 0 Å². The van der Waals surface area contributed by atoms with Gasteiger partial charge in [0, 0.05) is 18.3 Å². The first kappa shape index (κ1) is 11.0. The lowest BCUT2D eigenvalue weighted by molar-refractivity contribution is 0.269. The monoisotopic (exact) mass is 239 g/mol. The van der Waals surface area contributed by atoms with Crippen LogP contribution in [0.5, 0.6) is 0 Å². The molecule has 0 spiro atoms. The van der Waals surface area contributed by atoms with E-state index in [1.807, 2.05) is 13.1 Å². The van der Waals surface area contributed by atoms with Gasteiger partial charge >= 0.3 is 0 Å². The second-order valence-electron chi connectivity index (χ2n) is 3.32. The van der Waals surface area contributed by atoms with E-state index in [-0.39, 0.29) is 6.61 Å². The number of hydrogen-bond acceptors (Lipinski definition) is 6. The van der Waals surface area contributed by atoms with Crippen molar-refractivity contribution in [1.82, 2.24) is 20.0 Å². The number of aromatic nitrogens is 4. The molecule has 0 aliphatic rings. The van der Waals surface area contributed by atoms with E-state index in [0.29, 0.717) is 13.1 Å². The fourth-order valence-corrected chi connectivity index (χ4v) is 1.86. The summed E-state index contributed by atoms with van der Waals surface area (Å²) in [7, 11) is 0. The average Bonchev–Trinajstić information content (AvgIpc) is 2.85. The molecule has 2 aromatic heterocycles. The van der Waals surface area contributed by atoms with Crippen LogP contribution in [-0.4, -0.2) is 31.7 Å². The number of anilines is 1. The Balaban J connectivity index is 1.89. The maximum Gasteiger partial charge on any atom is 0.205 e. The molecule has 6 nitrogen and oxygen atoms in total. The van der Waals surface area contributed by atoms with Gasteiger partial charge in [0.2, 0.25) is 5.13 Å². The summed E-state index contributed by atoms with van der Waals surface area (Å²) >= 11 is 1.52. The van der Waals surface area contributed by atoms with Crippen LogP contribution < -0.4 is 5.32 Å². The van der Waals surface area contributed by atoms with Gasteiger partial charge in [-0.1, -0.05) is 11.3 Å². The van der Waals surface area contributed by atoms with Crippen LogP contribution in [0.15, 0.2) is 12.4 Å². The number of nitrogens with one attached hydrogen (secondary N) is 1. The van der Waals surface area contributed by atoms with Crippen molar-refractivity contribution in [1.29, 1.82) is 0 Å². The molecule has 0 fully saturated rings. The van der Waals surface area contributed by atoms with Gasteiger partial charge in [-0.15, -0.1) is 10.2 Å². The normalized spacial score (nSPS) is 10.6. The minimum Gasteiger partial charge on any atom is -0.394 e. The number of aliphatic hydroxyl groups is 1. The topological polar surface area (TPSA) is 75.9 Å². The number of nitrogens with zero attached hydrogens (tertiary/aromatic N) is 4. The summed E-state index contributed by atoms with van der Waals surface area (Å²) < 4.78 is 1.71. The molecule has 0 saturated heterocycles. The number of aryl methyl sites for hydroxylation is 1. The Morgan fingerprint density at radius 2 is 2.38 bits per heavy atom. The molecule has 2 heterocycles. The third-order valence-electron chi connectivity index (χ3n) is 1.99. The molecule has 2 rings (SSSR count). The van der Waals surface area contributed by atoms with Gasteiger partial charge < -0.3 is 10.4 Å². The van der Waals surface area contributed by atoms with Crippen molar-refractivity contribution in [3.05, 3.63) is 23.0 Å². The van der Waals surface area contributed by atoms with Crippen LogP contribution in [-0.2, 0) is 13.1 Å². The van der Waals surface area contributed by atoms with Crippen LogP contribution in [0.1, 0.15) is 10.6 Å². The molecule has 0 aliphatic carbocycles. The Morgan fingerprint density at radius 1 is 1.50 bits per heavy atom. The van der Waals surface area contributed by atoms with Crippen molar-refractivity contribution in [2.45, 2.75) is 20.0 Å². The third kappa shape index (κ3) is 2.77. The molecule has 2 aromatic rings. The molecule has 0 aliphatic heterocycles. The summed E-state index contributed by atoms with van der Waals surface area (Å²) in [6.45, 7) is 3.21. The lowest BCUT2D eigenvalue weighted by Crippen LogP contribution is -2.02. The van der Waals surface area contributed by atoms with Gasteiger partial charge in [0.15, 0.2) is 0 Å². The van der Waals surface area contributed by atoms with Gasteiger partial charge in [-0.2, -0.15) is 5.10 Å². The van der Waals surface area contributed by atoms with Gasteiger partial charge in [0.1, 0.15) is 5.01 Å². The molecule has 0 radical (unpaired) electrons. The maximum atomic E-state index is 8.75. The Hall–Kier alpha value is -1.47. The predicted molar refractivity (Wildman–Crippen MR) is 61.3 cm³/mol. The number of aliphatic hydroxyl groups excluding tert-OH is 1. The van der Waals surface area contributed by atoms with E-state index >= 15 is 0 Å². The number of hydrogen-bond donors (Lipinski definition) is 2. The first-order valence-electron chi connectivity index (χ1n) is 4.94. The molecular weight excluding hydrogens is 226 g/mol. The van der Waals surface area contributed by atoms with Crippen LogP contribution in [0.4, 0.5) is 5.13 Å². The van der Waals surface area contributed by atoms with Crippen molar-refractivity contribution in [2.24, 2.45) is 0 Å². The minimum absolute atomic E-state index is 0.101. The minimum atomic E-state index is 0.101. The van der Waals surface area contributed by atoms with E-state index in [0.717, 1.165) is 15.7 Å². The summed E-state index contributed by atoms with van der Waals surface area (Å²) in [6.07, 6.45) is 3.67. The molecule has 0 unspecified atom stereocenters. The third-order valence-corrected chi connectivity index (χ3v) is 2.78. The van der Waals surface area contributed by atoms with E-state index in [1.54, 1.807) is 10.9 Å². The molecular formula is C9H13N5OS. The molecule has 86 valence electrons. The van der Waals surface area contributed by atoms with Crippen LogP contribution in [0, 0.1) is 6.92 Å². The summed E-state index contributed by atoms with van der Waals surface area (Å²) in [5.41, 5.74) is 1.06. The Morgan fingerprint density at radius 3 is 3.06 bits per heavy atom. The molecule has 2 N–H and O–H groups in total. The Bertz CT molecular complexity index is 452. The fraction of sp³-hybridized carbons (Fsp3) is 0.444. The van der Waals surface area contributed by atoms with Crippen molar-refractivity contribution >= 4 is 16.5 Å². The van der Waals surface area contributed by atoms with E-state index in [1.165, 1.54) is 11.3 Å². The van der Waals surface area contributed by atoms with Crippen molar-refractivity contribution < 1.29 is 5.11 Å². The molecule has 0 aromatic carbocycles. The quantitative estimate of drug-likeness (QED) is 0.801. The summed E-state index contributed by atoms with van der Waals surface area (Å²) in [5.74, 6) is 0.